The Morgan fingerprint density at radius 1 is 0.962 bits per heavy atom. The largest absolute Gasteiger partial charge is 0.841 e. The van der Waals surface area contributed by atoms with Crippen molar-refractivity contribution in [2.75, 3.05) is 20.3 Å². The molecule has 52 heavy (non-hydrogen) atoms. The Hall–Kier alpha value is -1.34. The highest BCUT2D eigenvalue weighted by Crippen LogP contribution is 2.49. The number of piperidine rings is 1. The van der Waals surface area contributed by atoms with Crippen LogP contribution in [-0.2, 0) is 14.3 Å². The number of Topliss-reactive ketones (excluding diaryl/α,β-unsaturated/α-hetero) is 2. The molecule has 4 fully saturated rings. The maximum atomic E-state index is 14.4. The van der Waals surface area contributed by atoms with Gasteiger partial charge >= 0.3 is 0 Å². The zero-order valence-corrected chi connectivity index (χ0v) is 33.1. The number of hydrogen-bond acceptors (Lipinski definition) is 7. The van der Waals surface area contributed by atoms with E-state index in [0.29, 0.717) is 55.3 Å². The number of aliphatic hydroxyl groups is 2. The number of hydrogen-bond donors (Lipinski definition) is 4. The summed E-state index contributed by atoms with van der Waals surface area (Å²) in [7, 11) is 1.65. The lowest BCUT2D eigenvalue weighted by atomic mass is 9.60. The summed E-state index contributed by atoms with van der Waals surface area (Å²) < 4.78 is 5.76. The van der Waals surface area contributed by atoms with E-state index in [1.165, 1.54) is 32.1 Å². The lowest BCUT2D eigenvalue weighted by Crippen LogP contribution is -2.94. The molecule has 296 valence electrons. The van der Waals surface area contributed by atoms with Gasteiger partial charge in [-0.05, 0) is 130 Å². The van der Waals surface area contributed by atoms with Crippen LogP contribution in [0, 0.1) is 82.9 Å². The molecule has 15 atom stereocenters. The third-order valence-electron chi connectivity index (χ3n) is 14.6. The Labute approximate surface area is 315 Å². The molecule has 0 amide bonds. The minimum absolute atomic E-state index is 0.0612. The molecule has 1 saturated heterocycles. The number of ether oxygens (including phenoxy) is 1. The molecule has 0 aromatic heterocycles. The van der Waals surface area contributed by atoms with Gasteiger partial charge in [-0.25, -0.2) is 0 Å². The van der Waals surface area contributed by atoms with E-state index in [4.69, 9.17) is 10.5 Å². The van der Waals surface area contributed by atoms with Crippen molar-refractivity contribution < 1.29 is 35.0 Å². The van der Waals surface area contributed by atoms with E-state index in [2.05, 4.69) is 37.9 Å². The SMILES string of the molecule is CCC[C@H](CO)[C@H]1C[C@H](CC2CC[NH2+]C(N)C2)C[C@@H]2C#C[C@H](C3CCCCC3CCC(C)C)C3CC(O)C(OC)CC3CCC(=O)[C@H]([O-])C(=O)[C@H]2C1. The van der Waals surface area contributed by atoms with Crippen molar-refractivity contribution in [3.63, 3.8) is 0 Å². The van der Waals surface area contributed by atoms with Crippen molar-refractivity contribution in [3.05, 3.63) is 0 Å². The summed E-state index contributed by atoms with van der Waals surface area (Å²) in [4.78, 5) is 28.1. The molecule has 1 aliphatic heterocycles. The minimum atomic E-state index is -1.89. The number of carbonyl (C=O) groups is 2. The quantitative estimate of drug-likeness (QED) is 0.179. The van der Waals surface area contributed by atoms with Gasteiger partial charge in [0.05, 0.1) is 18.8 Å². The predicted octanol–water partition coefficient (Wildman–Crippen LogP) is 4.62. The molecular formula is C44H74N2O6. The number of fused-ring (bicyclic) bond motifs is 2. The van der Waals surface area contributed by atoms with Crippen LogP contribution in [0.1, 0.15) is 136 Å². The highest BCUT2D eigenvalue weighted by Gasteiger charge is 2.46. The van der Waals surface area contributed by atoms with Gasteiger partial charge in [0.25, 0.3) is 0 Å². The van der Waals surface area contributed by atoms with Crippen LogP contribution < -0.4 is 16.2 Å². The van der Waals surface area contributed by atoms with Crippen LogP contribution in [0.25, 0.3) is 0 Å². The van der Waals surface area contributed by atoms with Crippen molar-refractivity contribution in [2.24, 2.45) is 76.7 Å². The molecule has 4 aliphatic carbocycles. The van der Waals surface area contributed by atoms with Gasteiger partial charge in [-0.15, -0.1) is 0 Å². The van der Waals surface area contributed by atoms with E-state index in [1.54, 1.807) is 7.11 Å². The summed E-state index contributed by atoms with van der Waals surface area (Å²) in [6, 6.07) is 0. The molecule has 0 bridgehead atoms. The zero-order chi connectivity index (χ0) is 37.4. The molecule has 0 radical (unpaired) electrons. The maximum absolute atomic E-state index is 14.4. The number of quaternary nitrogens is 1. The van der Waals surface area contributed by atoms with Crippen LogP contribution in [0.15, 0.2) is 0 Å². The van der Waals surface area contributed by atoms with E-state index in [1.807, 2.05) is 0 Å². The molecule has 0 aromatic rings. The lowest BCUT2D eigenvalue weighted by Gasteiger charge is -2.46. The third-order valence-corrected chi connectivity index (χ3v) is 14.6. The summed E-state index contributed by atoms with van der Waals surface area (Å²) in [5, 5.41) is 38.1. The molecule has 5 aliphatic rings. The lowest BCUT2D eigenvalue weighted by molar-refractivity contribution is -0.699. The fourth-order valence-corrected chi connectivity index (χ4v) is 11.8. The molecule has 0 spiro atoms. The van der Waals surface area contributed by atoms with Crippen molar-refractivity contribution in [1.82, 2.24) is 0 Å². The average Bonchev–Trinajstić information content (AvgIpc) is 3.30. The first-order chi connectivity index (χ1) is 25.0. The van der Waals surface area contributed by atoms with E-state index < -0.39 is 29.7 Å². The monoisotopic (exact) mass is 727 g/mol. The van der Waals surface area contributed by atoms with Gasteiger partial charge < -0.3 is 35.0 Å². The van der Waals surface area contributed by atoms with Crippen LogP contribution in [0.3, 0.4) is 0 Å². The molecule has 5 rings (SSSR count). The fourth-order valence-electron chi connectivity index (χ4n) is 11.8. The summed E-state index contributed by atoms with van der Waals surface area (Å²) in [5.74, 6) is 8.80. The second-order valence-electron chi connectivity index (χ2n) is 18.6. The molecule has 8 nitrogen and oxygen atoms in total. The first-order valence-electron chi connectivity index (χ1n) is 21.7. The molecule has 3 saturated carbocycles. The summed E-state index contributed by atoms with van der Waals surface area (Å²) in [6.45, 7) is 7.85. The van der Waals surface area contributed by atoms with Gasteiger partial charge in [0, 0.05) is 44.3 Å². The smallest absolute Gasteiger partial charge is 0.137 e. The van der Waals surface area contributed by atoms with Gasteiger partial charge in [-0.2, -0.15) is 0 Å². The fraction of sp³-hybridized carbons (Fsp3) is 0.909. The van der Waals surface area contributed by atoms with E-state index in [9.17, 15) is 24.9 Å². The first-order valence-corrected chi connectivity index (χ1v) is 21.7. The molecule has 8 unspecified atom stereocenters. The maximum Gasteiger partial charge on any atom is 0.137 e. The van der Waals surface area contributed by atoms with Crippen LogP contribution in [0.4, 0.5) is 0 Å². The van der Waals surface area contributed by atoms with E-state index in [-0.39, 0.29) is 60.8 Å². The Morgan fingerprint density at radius 3 is 2.46 bits per heavy atom. The Bertz CT molecular complexity index is 1200. The van der Waals surface area contributed by atoms with Gasteiger partial charge in [-0.3, -0.25) is 5.73 Å². The van der Waals surface area contributed by atoms with Crippen LogP contribution in [0.2, 0.25) is 0 Å². The summed E-state index contributed by atoms with van der Waals surface area (Å²) in [5.41, 5.74) is 6.42. The van der Waals surface area contributed by atoms with Crippen molar-refractivity contribution >= 4 is 11.6 Å². The average molecular weight is 727 g/mol. The normalized spacial score (nSPS) is 41.4. The second-order valence-corrected chi connectivity index (χ2v) is 18.6. The number of carbonyl (C=O) groups excluding carboxylic acids is 2. The van der Waals surface area contributed by atoms with Gasteiger partial charge in [0.15, 0.2) is 0 Å². The topological polar surface area (TPSA) is 150 Å². The van der Waals surface area contributed by atoms with Gasteiger partial charge in [-0.1, -0.05) is 64.7 Å². The number of nitrogens with two attached hydrogens (primary N) is 2. The van der Waals surface area contributed by atoms with Crippen molar-refractivity contribution in [2.45, 2.75) is 161 Å². The number of rotatable bonds is 11. The van der Waals surface area contributed by atoms with Crippen LogP contribution >= 0.6 is 0 Å². The molecule has 0 aromatic carbocycles. The van der Waals surface area contributed by atoms with Crippen molar-refractivity contribution in [1.29, 1.82) is 0 Å². The third kappa shape index (κ3) is 10.7. The number of ketones is 2. The first kappa shape index (κ1) is 41.8. The molecular weight excluding hydrogens is 652 g/mol. The Morgan fingerprint density at radius 2 is 1.75 bits per heavy atom. The molecule has 6 N–H and O–H groups in total. The standard InChI is InChI=1S/C44H73N2O6/c1-5-8-33(26-47)34-21-29(19-28-17-18-46-42(45)22-28)20-31-13-15-36(35-10-7-6-9-30(35)12-11-27(2)3)37-25-40(49)41(52-4)24-32(37)14-16-39(48)44(51)43(50)38(31)23-34/h27-38,40-42,44,46-47,49H,5-12,14,16-26,45H2,1-4H3/q-1/p+1/t28?,29-,30?,31+,32?,33-,34+,35?,36-,37?,38+,40?,41?,42?,44+/m1/s1. The Balaban J connectivity index is 1.58. The highest BCUT2D eigenvalue weighted by molar-refractivity contribution is 6.05. The summed E-state index contributed by atoms with van der Waals surface area (Å²) in [6.07, 6.45) is 13.5. The highest BCUT2D eigenvalue weighted by atomic mass is 16.5. The van der Waals surface area contributed by atoms with Crippen LogP contribution in [0.5, 0.6) is 0 Å². The second kappa shape index (κ2) is 20.0. The van der Waals surface area contributed by atoms with Gasteiger partial charge in [0.1, 0.15) is 17.7 Å². The zero-order valence-electron chi connectivity index (χ0n) is 33.1. The van der Waals surface area contributed by atoms with Gasteiger partial charge in [0.2, 0.25) is 0 Å². The van der Waals surface area contributed by atoms with Crippen molar-refractivity contribution in [3.8, 4) is 11.8 Å². The Kier molecular flexibility index (Phi) is 16.1. The van der Waals surface area contributed by atoms with Crippen LogP contribution in [-0.4, -0.2) is 66.5 Å². The predicted molar refractivity (Wildman–Crippen MR) is 202 cm³/mol. The molecule has 1 heterocycles. The number of methoxy groups -OCH3 is 1. The summed E-state index contributed by atoms with van der Waals surface area (Å²) >= 11 is 0. The minimum Gasteiger partial charge on any atom is -0.841 e. The number of aliphatic hydroxyl groups excluding tert-OH is 2. The van der Waals surface area contributed by atoms with E-state index >= 15 is 0 Å². The van der Waals surface area contributed by atoms with E-state index in [0.717, 1.165) is 57.9 Å². The molecule has 8 heteroatoms.